The number of fused-ring (bicyclic) bond motifs is 1. The zero-order chi connectivity index (χ0) is 14.2. The van der Waals surface area contributed by atoms with Gasteiger partial charge in [-0.15, -0.1) is 0 Å². The topological polar surface area (TPSA) is 97.0 Å². The lowest BCUT2D eigenvalue weighted by atomic mass is 10.2. The summed E-state index contributed by atoms with van der Waals surface area (Å²) in [6, 6.07) is 5.57. The second-order valence-corrected chi connectivity index (χ2v) is 5.07. The molecule has 1 saturated heterocycles. The number of nitrogens with one attached hydrogen (secondary N) is 1. The fraction of sp³-hybridized carbons (Fsp3) is 0.286. The minimum Gasteiger partial charge on any atom is -0.392 e. The molecule has 0 aliphatic carbocycles. The highest BCUT2D eigenvalue weighted by Crippen LogP contribution is 2.25. The van der Waals surface area contributed by atoms with Crippen molar-refractivity contribution in [2.75, 3.05) is 6.54 Å². The lowest BCUT2D eigenvalue weighted by Crippen LogP contribution is -2.15. The maximum Gasteiger partial charge on any atom is 0.244 e. The first-order valence-electron chi connectivity index (χ1n) is 6.76. The fourth-order valence-corrected chi connectivity index (χ4v) is 2.50. The number of hydrogen-bond donors (Lipinski definition) is 2. The van der Waals surface area contributed by atoms with E-state index >= 15 is 0 Å². The normalized spacial score (nSPS) is 22.0. The minimum absolute atomic E-state index is 0.0819. The average molecular weight is 283 g/mol. The molecule has 0 saturated carbocycles. The molecule has 2 aromatic heterocycles. The highest BCUT2D eigenvalue weighted by atomic mass is 16.5. The lowest BCUT2D eigenvalue weighted by Gasteiger charge is -2.01. The zero-order valence-corrected chi connectivity index (χ0v) is 11.1. The molecule has 4 rings (SSSR count). The maximum atomic E-state index is 9.54. The van der Waals surface area contributed by atoms with Crippen LogP contribution in [0.15, 0.2) is 35.1 Å². The van der Waals surface area contributed by atoms with E-state index in [1.807, 2.05) is 18.2 Å². The molecular formula is C14H13N5O2. The van der Waals surface area contributed by atoms with Crippen molar-refractivity contribution in [3.8, 4) is 11.4 Å². The van der Waals surface area contributed by atoms with Gasteiger partial charge in [0.15, 0.2) is 0 Å². The number of β-amino-alcohol motifs (C(OH)–C–C–N with tert-alkyl or cyclic N) is 1. The van der Waals surface area contributed by atoms with Gasteiger partial charge in [0.25, 0.3) is 0 Å². The molecule has 3 aromatic rings. The Kier molecular flexibility index (Phi) is 2.87. The summed E-state index contributed by atoms with van der Waals surface area (Å²) in [7, 11) is 0. The summed E-state index contributed by atoms with van der Waals surface area (Å²) in [5.41, 5.74) is 2.44. The number of rotatable bonds is 2. The molecular weight excluding hydrogens is 270 g/mol. The second kappa shape index (κ2) is 4.87. The second-order valence-electron chi connectivity index (χ2n) is 5.07. The van der Waals surface area contributed by atoms with Crippen LogP contribution < -0.4 is 5.32 Å². The van der Waals surface area contributed by atoms with Gasteiger partial charge in [0, 0.05) is 24.5 Å². The predicted molar refractivity (Wildman–Crippen MR) is 74.2 cm³/mol. The van der Waals surface area contributed by atoms with Crippen LogP contribution in [0.25, 0.3) is 22.4 Å². The lowest BCUT2D eigenvalue weighted by molar-refractivity contribution is 0.191. The Bertz CT molecular complexity index is 788. The van der Waals surface area contributed by atoms with E-state index in [2.05, 4.69) is 25.4 Å². The van der Waals surface area contributed by atoms with Gasteiger partial charge in [-0.2, -0.15) is 4.98 Å². The summed E-state index contributed by atoms with van der Waals surface area (Å²) in [4.78, 5) is 12.9. The van der Waals surface area contributed by atoms with Crippen molar-refractivity contribution >= 4 is 11.0 Å². The van der Waals surface area contributed by atoms with Crippen molar-refractivity contribution in [3.63, 3.8) is 0 Å². The van der Waals surface area contributed by atoms with Crippen LogP contribution in [0.3, 0.4) is 0 Å². The molecule has 1 aliphatic heterocycles. The Morgan fingerprint density at radius 3 is 2.86 bits per heavy atom. The first kappa shape index (κ1) is 12.4. The summed E-state index contributed by atoms with van der Waals surface area (Å²) >= 11 is 0. The first-order chi connectivity index (χ1) is 10.3. The van der Waals surface area contributed by atoms with E-state index in [1.165, 1.54) is 0 Å². The molecule has 0 unspecified atom stereocenters. The molecule has 0 bridgehead atoms. The van der Waals surface area contributed by atoms with Crippen LogP contribution in [0.1, 0.15) is 18.4 Å². The van der Waals surface area contributed by atoms with Gasteiger partial charge in [-0.05, 0) is 24.6 Å². The van der Waals surface area contributed by atoms with Gasteiger partial charge in [-0.1, -0.05) is 5.16 Å². The van der Waals surface area contributed by atoms with Crippen LogP contribution in [-0.2, 0) is 0 Å². The number of nitrogens with zero attached hydrogens (tertiary/aromatic N) is 4. The number of aliphatic hydroxyl groups excluding tert-OH is 1. The number of aromatic nitrogens is 4. The summed E-state index contributed by atoms with van der Waals surface area (Å²) < 4.78 is 5.29. The van der Waals surface area contributed by atoms with Crippen LogP contribution in [0.5, 0.6) is 0 Å². The maximum absolute atomic E-state index is 9.54. The van der Waals surface area contributed by atoms with Crippen molar-refractivity contribution < 1.29 is 9.63 Å². The van der Waals surface area contributed by atoms with E-state index in [0.717, 1.165) is 16.6 Å². The Hall–Kier alpha value is -2.38. The van der Waals surface area contributed by atoms with Gasteiger partial charge in [0.2, 0.25) is 11.7 Å². The van der Waals surface area contributed by atoms with Gasteiger partial charge < -0.3 is 14.9 Å². The quantitative estimate of drug-likeness (QED) is 0.726. The Balaban J connectivity index is 1.67. The molecule has 1 fully saturated rings. The third kappa shape index (κ3) is 2.26. The Morgan fingerprint density at radius 1 is 1.19 bits per heavy atom. The van der Waals surface area contributed by atoms with E-state index in [-0.39, 0.29) is 12.1 Å². The van der Waals surface area contributed by atoms with Crippen LogP contribution in [0, 0.1) is 0 Å². The van der Waals surface area contributed by atoms with Crippen molar-refractivity contribution in [1.82, 2.24) is 25.4 Å². The van der Waals surface area contributed by atoms with Crippen molar-refractivity contribution in [3.05, 3.63) is 36.5 Å². The monoisotopic (exact) mass is 283 g/mol. The van der Waals surface area contributed by atoms with E-state index < -0.39 is 0 Å². The van der Waals surface area contributed by atoms with Crippen molar-refractivity contribution in [1.29, 1.82) is 0 Å². The third-order valence-electron chi connectivity index (χ3n) is 3.58. The molecule has 7 nitrogen and oxygen atoms in total. The molecule has 2 N–H and O–H groups in total. The van der Waals surface area contributed by atoms with Crippen molar-refractivity contribution in [2.45, 2.75) is 18.6 Å². The SMILES string of the molecule is O[C@@H]1CN[C@H](c2nc(-c3ccc4nccnc4c3)no2)C1. The van der Waals surface area contributed by atoms with Gasteiger partial charge >= 0.3 is 0 Å². The standard InChI is InChI=1S/C14H13N5O2/c20-9-6-12(17-7-9)14-18-13(19-21-14)8-1-2-10-11(5-8)16-4-3-15-10/h1-5,9,12,17,20H,6-7H2/t9-,12-/m0/s1. The fourth-order valence-electron chi connectivity index (χ4n) is 2.50. The number of hydrogen-bond acceptors (Lipinski definition) is 7. The van der Waals surface area contributed by atoms with Crippen molar-refractivity contribution in [2.24, 2.45) is 0 Å². The van der Waals surface area contributed by atoms with Gasteiger partial charge in [-0.3, -0.25) is 9.97 Å². The molecule has 7 heteroatoms. The Morgan fingerprint density at radius 2 is 2.05 bits per heavy atom. The molecule has 21 heavy (non-hydrogen) atoms. The summed E-state index contributed by atoms with van der Waals surface area (Å²) in [6.45, 7) is 0.550. The Labute approximate surface area is 120 Å². The van der Waals surface area contributed by atoms with Gasteiger partial charge in [0.05, 0.1) is 23.2 Å². The molecule has 0 spiro atoms. The van der Waals surface area contributed by atoms with Crippen LogP contribution in [0.4, 0.5) is 0 Å². The molecule has 3 heterocycles. The number of aliphatic hydroxyl groups is 1. The highest BCUT2D eigenvalue weighted by molar-refractivity contribution is 5.79. The predicted octanol–water partition coefficient (Wildman–Crippen LogP) is 1.08. The van der Waals surface area contributed by atoms with E-state index in [4.69, 9.17) is 4.52 Å². The van der Waals surface area contributed by atoms with Gasteiger partial charge in [0.1, 0.15) is 0 Å². The summed E-state index contributed by atoms with van der Waals surface area (Å²) in [6.07, 6.45) is 3.54. The largest absolute Gasteiger partial charge is 0.392 e. The average Bonchev–Trinajstić information content (AvgIpc) is 3.15. The summed E-state index contributed by atoms with van der Waals surface area (Å²) in [5.74, 6) is 1.02. The van der Waals surface area contributed by atoms with Crippen LogP contribution >= 0.6 is 0 Å². The molecule has 2 atom stereocenters. The first-order valence-corrected chi connectivity index (χ1v) is 6.76. The van der Waals surface area contributed by atoms with Crippen LogP contribution in [0.2, 0.25) is 0 Å². The number of benzene rings is 1. The van der Waals surface area contributed by atoms with E-state index in [1.54, 1.807) is 12.4 Å². The molecule has 0 radical (unpaired) electrons. The third-order valence-corrected chi connectivity index (χ3v) is 3.58. The molecule has 0 amide bonds. The van der Waals surface area contributed by atoms with Gasteiger partial charge in [-0.25, -0.2) is 0 Å². The van der Waals surface area contributed by atoms with E-state index in [9.17, 15) is 5.11 Å². The molecule has 1 aromatic carbocycles. The van der Waals surface area contributed by atoms with Crippen LogP contribution in [-0.4, -0.2) is 37.9 Å². The minimum atomic E-state index is -0.360. The zero-order valence-electron chi connectivity index (χ0n) is 11.1. The molecule has 1 aliphatic rings. The summed E-state index contributed by atoms with van der Waals surface area (Å²) in [5, 5.41) is 16.7. The molecule has 106 valence electrons. The van der Waals surface area contributed by atoms with E-state index in [0.29, 0.717) is 24.7 Å². The smallest absolute Gasteiger partial charge is 0.244 e. The highest BCUT2D eigenvalue weighted by Gasteiger charge is 2.28.